The van der Waals surface area contributed by atoms with Crippen molar-refractivity contribution in [2.75, 3.05) is 26.2 Å². The van der Waals surface area contributed by atoms with Crippen LogP contribution in [0.25, 0.3) is 33.3 Å². The Balaban J connectivity index is 0.00000169. The molecule has 1 amide bonds. The highest BCUT2D eigenvalue weighted by molar-refractivity contribution is 5.92. The Morgan fingerprint density at radius 2 is 1.56 bits per heavy atom. The lowest BCUT2D eigenvalue weighted by Gasteiger charge is -2.34. The van der Waals surface area contributed by atoms with Gasteiger partial charge in [-0.1, -0.05) is 36.4 Å². The van der Waals surface area contributed by atoms with Crippen molar-refractivity contribution < 1.29 is 4.79 Å². The summed E-state index contributed by atoms with van der Waals surface area (Å²) >= 11 is 0. The number of carbonyl (C=O) groups is 1. The summed E-state index contributed by atoms with van der Waals surface area (Å²) in [5, 5.41) is 1.82. The Morgan fingerprint density at radius 3 is 2.34 bits per heavy atom. The zero-order chi connectivity index (χ0) is 26.3. The lowest BCUT2D eigenvalue weighted by molar-refractivity contribution is -0.133. The fourth-order valence-corrected chi connectivity index (χ4v) is 6.14. The number of hydrogen-bond acceptors (Lipinski definition) is 5. The van der Waals surface area contributed by atoms with E-state index in [4.69, 9.17) is 4.98 Å². The fourth-order valence-electron chi connectivity index (χ4n) is 6.14. The van der Waals surface area contributed by atoms with Gasteiger partial charge in [0.2, 0.25) is 5.91 Å². The number of hydrogen-bond donors (Lipinski definition) is 0. The van der Waals surface area contributed by atoms with Gasteiger partial charge >= 0.3 is 0 Å². The van der Waals surface area contributed by atoms with Crippen molar-refractivity contribution in [3.63, 3.8) is 0 Å². The minimum Gasteiger partial charge on any atom is -0.340 e. The fraction of sp³-hybridized carbons (Fsp3) is 0.290. The first kappa shape index (κ1) is 28.8. The minimum atomic E-state index is -0.00212. The number of rotatable bonds is 5. The monoisotopic (exact) mass is 590 g/mol. The van der Waals surface area contributed by atoms with Crippen LogP contribution >= 0.6 is 24.8 Å². The molecule has 8 nitrogen and oxygen atoms in total. The molecule has 0 radical (unpaired) electrons. The molecule has 5 aromatic rings. The third-order valence-corrected chi connectivity index (χ3v) is 8.12. The van der Waals surface area contributed by atoms with Crippen LogP contribution in [-0.2, 0) is 30.8 Å². The summed E-state index contributed by atoms with van der Waals surface area (Å²) in [4.78, 5) is 40.5. The number of para-hydroxylation sites is 2. The molecule has 2 aliphatic heterocycles. The Morgan fingerprint density at radius 1 is 0.829 bits per heavy atom. The Hall–Kier alpha value is -3.72. The lowest BCUT2D eigenvalue weighted by atomic mass is 10.0. The number of carbonyl (C=O) groups excluding carboxylic acids is 1. The van der Waals surface area contributed by atoms with Gasteiger partial charge in [0.1, 0.15) is 0 Å². The van der Waals surface area contributed by atoms with Gasteiger partial charge in [-0.3, -0.25) is 24.0 Å². The largest absolute Gasteiger partial charge is 0.340 e. The van der Waals surface area contributed by atoms with Gasteiger partial charge in [0, 0.05) is 69.3 Å². The quantitative estimate of drug-likeness (QED) is 0.300. The van der Waals surface area contributed by atoms with E-state index in [1.807, 2.05) is 64.2 Å². The molecule has 41 heavy (non-hydrogen) atoms. The number of pyridine rings is 1. The van der Waals surface area contributed by atoms with Crippen molar-refractivity contribution in [3.05, 3.63) is 94.5 Å². The summed E-state index contributed by atoms with van der Waals surface area (Å²) in [7, 11) is 0. The molecule has 0 bridgehead atoms. The van der Waals surface area contributed by atoms with E-state index in [9.17, 15) is 9.59 Å². The molecule has 0 spiro atoms. The number of aryl methyl sites for hydroxylation is 2. The molecule has 1 fully saturated rings. The molecular formula is C31H32Cl2N6O2. The first-order chi connectivity index (χ1) is 19.2. The van der Waals surface area contributed by atoms with Gasteiger partial charge in [-0.25, -0.2) is 4.98 Å². The first-order valence-electron chi connectivity index (χ1n) is 13.7. The zero-order valence-corrected chi connectivity index (χ0v) is 24.2. The van der Waals surface area contributed by atoms with Crippen molar-refractivity contribution in [2.45, 2.75) is 32.5 Å². The normalized spacial score (nSPS) is 14.7. The van der Waals surface area contributed by atoms with Gasteiger partial charge in [-0.05, 0) is 42.3 Å². The van der Waals surface area contributed by atoms with E-state index >= 15 is 0 Å². The van der Waals surface area contributed by atoms with E-state index in [1.54, 1.807) is 0 Å². The van der Waals surface area contributed by atoms with Gasteiger partial charge in [-0.2, -0.15) is 0 Å². The molecule has 3 aromatic heterocycles. The second-order valence-electron chi connectivity index (χ2n) is 10.4. The highest BCUT2D eigenvalue weighted by Gasteiger charge is 2.28. The summed E-state index contributed by atoms with van der Waals surface area (Å²) < 4.78 is 4.02. The van der Waals surface area contributed by atoms with E-state index in [0.717, 1.165) is 56.0 Å². The van der Waals surface area contributed by atoms with Crippen molar-refractivity contribution in [3.8, 4) is 11.5 Å². The molecular weight excluding hydrogens is 559 g/mol. The van der Waals surface area contributed by atoms with Crippen molar-refractivity contribution >= 4 is 52.5 Å². The van der Waals surface area contributed by atoms with E-state index in [1.165, 1.54) is 10.9 Å². The van der Waals surface area contributed by atoms with Gasteiger partial charge in [0.25, 0.3) is 5.56 Å². The first-order valence-corrected chi connectivity index (χ1v) is 13.7. The molecule has 2 aliphatic rings. The predicted molar refractivity (Wildman–Crippen MR) is 166 cm³/mol. The minimum absolute atomic E-state index is 0. The third kappa shape index (κ3) is 5.23. The SMILES string of the molecule is Cl.Cl.O=C(CCn1c2c(c3ccccc31)CCn1c-2nc2ccccc2c1=O)N1CCN(Cc2ccccn2)CC1. The van der Waals surface area contributed by atoms with Crippen molar-refractivity contribution in [2.24, 2.45) is 0 Å². The van der Waals surface area contributed by atoms with Crippen LogP contribution in [0.4, 0.5) is 0 Å². The van der Waals surface area contributed by atoms with E-state index in [-0.39, 0.29) is 36.3 Å². The zero-order valence-electron chi connectivity index (χ0n) is 22.6. The number of aromatic nitrogens is 4. The smallest absolute Gasteiger partial charge is 0.261 e. The number of benzene rings is 2. The Bertz CT molecular complexity index is 1760. The van der Waals surface area contributed by atoms with Crippen LogP contribution in [0.1, 0.15) is 17.7 Å². The Kier molecular flexibility index (Phi) is 8.45. The lowest BCUT2D eigenvalue weighted by Crippen LogP contribution is -2.48. The van der Waals surface area contributed by atoms with E-state index < -0.39 is 0 Å². The molecule has 2 aromatic carbocycles. The van der Waals surface area contributed by atoms with Crippen LogP contribution in [0.15, 0.2) is 77.7 Å². The van der Waals surface area contributed by atoms with Crippen LogP contribution in [0.2, 0.25) is 0 Å². The summed E-state index contributed by atoms with van der Waals surface area (Å²) in [6.07, 6.45) is 3.00. The molecule has 0 aliphatic carbocycles. The number of piperazine rings is 1. The maximum Gasteiger partial charge on any atom is 0.261 e. The predicted octanol–water partition coefficient (Wildman–Crippen LogP) is 4.55. The van der Waals surface area contributed by atoms with Crippen LogP contribution < -0.4 is 5.56 Å². The van der Waals surface area contributed by atoms with Crippen LogP contribution in [0.5, 0.6) is 0 Å². The molecule has 0 saturated carbocycles. The molecule has 7 rings (SSSR count). The van der Waals surface area contributed by atoms with Crippen LogP contribution in [0, 0.1) is 0 Å². The van der Waals surface area contributed by atoms with Crippen molar-refractivity contribution in [1.29, 1.82) is 0 Å². The second-order valence-corrected chi connectivity index (χ2v) is 10.4. The summed E-state index contributed by atoms with van der Waals surface area (Å²) in [6, 6.07) is 21.9. The highest BCUT2D eigenvalue weighted by Crippen LogP contribution is 2.36. The molecule has 0 N–H and O–H groups in total. The molecule has 0 unspecified atom stereocenters. The van der Waals surface area contributed by atoms with Gasteiger partial charge in [-0.15, -0.1) is 24.8 Å². The maximum atomic E-state index is 13.4. The van der Waals surface area contributed by atoms with E-state index in [2.05, 4.69) is 32.7 Å². The third-order valence-electron chi connectivity index (χ3n) is 8.12. The number of amides is 1. The average Bonchev–Trinajstić information content (AvgIpc) is 3.31. The standard InChI is InChI=1S/C31H30N6O2.2ClH/c38-28(35-19-17-34(18-20-35)21-22-7-5-6-14-32-22)13-16-36-27-11-4-2-8-23(27)24-12-15-37-30(29(24)36)33-26-10-3-1-9-25(26)31(37)39;;/h1-11,14H,12-13,15-21H2;2*1H. The molecule has 10 heteroatoms. The molecule has 5 heterocycles. The molecule has 212 valence electrons. The molecule has 1 saturated heterocycles. The van der Waals surface area contributed by atoms with Crippen LogP contribution in [-0.4, -0.2) is 61.0 Å². The number of halogens is 2. The highest BCUT2D eigenvalue weighted by atomic mass is 35.5. The summed E-state index contributed by atoms with van der Waals surface area (Å²) in [5.41, 5.74) is 5.03. The summed E-state index contributed by atoms with van der Waals surface area (Å²) in [5.74, 6) is 0.866. The molecule has 0 atom stereocenters. The van der Waals surface area contributed by atoms with Gasteiger partial charge < -0.3 is 9.47 Å². The van der Waals surface area contributed by atoms with Crippen molar-refractivity contribution in [1.82, 2.24) is 28.9 Å². The average molecular weight is 592 g/mol. The second kappa shape index (κ2) is 12.0. The topological polar surface area (TPSA) is 76.3 Å². The van der Waals surface area contributed by atoms with Gasteiger partial charge in [0.05, 0.1) is 22.3 Å². The Labute approximate surface area is 250 Å². The number of nitrogens with zero attached hydrogens (tertiary/aromatic N) is 6. The van der Waals surface area contributed by atoms with E-state index in [0.29, 0.717) is 36.2 Å². The van der Waals surface area contributed by atoms with Gasteiger partial charge in [0.15, 0.2) is 5.82 Å². The maximum absolute atomic E-state index is 13.4. The summed E-state index contributed by atoms with van der Waals surface area (Å²) in [6.45, 7) is 5.10. The number of fused-ring (bicyclic) bond motifs is 6. The van der Waals surface area contributed by atoms with Crippen LogP contribution in [0.3, 0.4) is 0 Å².